The summed E-state index contributed by atoms with van der Waals surface area (Å²) in [5.74, 6) is -0.180. The van der Waals surface area contributed by atoms with Crippen LogP contribution in [0.1, 0.15) is 39.1 Å². The van der Waals surface area contributed by atoms with Crippen LogP contribution in [-0.2, 0) is 6.54 Å². The highest BCUT2D eigenvalue weighted by Crippen LogP contribution is 2.18. The summed E-state index contributed by atoms with van der Waals surface area (Å²) in [4.78, 5) is 29.2. The highest BCUT2D eigenvalue weighted by Gasteiger charge is 2.25. The van der Waals surface area contributed by atoms with Gasteiger partial charge in [-0.25, -0.2) is 0 Å². The van der Waals surface area contributed by atoms with Crippen LogP contribution < -0.4 is 11.1 Å². The van der Waals surface area contributed by atoms with Crippen LogP contribution in [0.5, 0.6) is 0 Å². The minimum atomic E-state index is -0.190. The Balaban J connectivity index is 1.62. The Morgan fingerprint density at radius 1 is 1.11 bits per heavy atom. The summed E-state index contributed by atoms with van der Waals surface area (Å²) in [5.41, 5.74) is 8.41. The summed E-state index contributed by atoms with van der Waals surface area (Å²) in [6.07, 6.45) is 2.14. The molecule has 6 nitrogen and oxygen atoms in total. The van der Waals surface area contributed by atoms with E-state index in [0.29, 0.717) is 23.4 Å². The number of anilines is 1. The van der Waals surface area contributed by atoms with Gasteiger partial charge in [0.15, 0.2) is 0 Å². The second-order valence-corrected chi connectivity index (χ2v) is 7.41. The maximum atomic E-state index is 12.8. The molecule has 1 aliphatic rings. The maximum Gasteiger partial charge on any atom is 0.255 e. The topological polar surface area (TPSA) is 78.7 Å². The van der Waals surface area contributed by atoms with Gasteiger partial charge in [-0.1, -0.05) is 12.1 Å². The van der Waals surface area contributed by atoms with Crippen LogP contribution in [0.4, 0.5) is 5.69 Å². The van der Waals surface area contributed by atoms with Gasteiger partial charge in [0.05, 0.1) is 0 Å². The van der Waals surface area contributed by atoms with Crippen molar-refractivity contribution < 1.29 is 9.59 Å². The molecule has 1 heterocycles. The second-order valence-electron chi connectivity index (χ2n) is 7.41. The summed E-state index contributed by atoms with van der Waals surface area (Å²) in [6.45, 7) is 2.43. The molecule has 3 rings (SSSR count). The lowest BCUT2D eigenvalue weighted by Crippen LogP contribution is -2.47. The summed E-state index contributed by atoms with van der Waals surface area (Å²) in [7, 11) is 3.96. The van der Waals surface area contributed by atoms with Crippen molar-refractivity contribution in [3.05, 3.63) is 65.2 Å². The average Bonchev–Trinajstić information content (AvgIpc) is 2.73. The summed E-state index contributed by atoms with van der Waals surface area (Å²) < 4.78 is 0. The number of nitrogens with zero attached hydrogens (tertiary/aromatic N) is 2. The predicted octanol–water partition coefficient (Wildman–Crippen LogP) is 2.56. The predicted molar refractivity (Wildman–Crippen MR) is 111 cm³/mol. The van der Waals surface area contributed by atoms with Crippen LogP contribution in [0, 0.1) is 0 Å². The summed E-state index contributed by atoms with van der Waals surface area (Å²) in [6, 6.07) is 14.5. The van der Waals surface area contributed by atoms with Gasteiger partial charge in [0.2, 0.25) is 0 Å². The number of likely N-dealkylation sites (N-methyl/N-ethyl adjacent to an activating group) is 2. The number of benzene rings is 2. The molecule has 0 saturated carbocycles. The Morgan fingerprint density at radius 2 is 1.75 bits per heavy atom. The third-order valence-corrected chi connectivity index (χ3v) is 5.31. The Hall–Kier alpha value is -2.70. The molecular weight excluding hydrogens is 352 g/mol. The quantitative estimate of drug-likeness (QED) is 0.836. The van der Waals surface area contributed by atoms with Crippen molar-refractivity contribution in [2.24, 2.45) is 5.73 Å². The molecule has 28 heavy (non-hydrogen) atoms. The molecule has 1 unspecified atom stereocenters. The van der Waals surface area contributed by atoms with Gasteiger partial charge in [0.1, 0.15) is 0 Å². The van der Waals surface area contributed by atoms with E-state index >= 15 is 0 Å². The monoisotopic (exact) mass is 380 g/mol. The van der Waals surface area contributed by atoms with Crippen molar-refractivity contribution in [2.75, 3.05) is 32.5 Å². The molecule has 148 valence electrons. The number of carbonyl (C=O) groups is 2. The number of piperidine rings is 1. The van der Waals surface area contributed by atoms with Gasteiger partial charge < -0.3 is 20.9 Å². The Kier molecular flexibility index (Phi) is 6.44. The normalized spacial score (nSPS) is 17.2. The lowest BCUT2D eigenvalue weighted by Gasteiger charge is -2.35. The molecule has 2 amide bonds. The fourth-order valence-electron chi connectivity index (χ4n) is 3.52. The van der Waals surface area contributed by atoms with Gasteiger partial charge in [0.25, 0.3) is 11.8 Å². The Bertz CT molecular complexity index is 817. The largest absolute Gasteiger partial charge is 0.337 e. The van der Waals surface area contributed by atoms with Gasteiger partial charge in [-0.3, -0.25) is 9.59 Å². The third kappa shape index (κ3) is 4.77. The van der Waals surface area contributed by atoms with Gasteiger partial charge in [-0.05, 0) is 68.4 Å². The molecule has 0 aromatic heterocycles. The van der Waals surface area contributed by atoms with Gasteiger partial charge >= 0.3 is 0 Å². The Labute approximate surface area is 166 Å². The number of hydrogen-bond donors (Lipinski definition) is 2. The fraction of sp³-hybridized carbons (Fsp3) is 0.364. The van der Waals surface area contributed by atoms with Gasteiger partial charge in [0, 0.05) is 43.0 Å². The molecule has 0 aliphatic carbocycles. The number of carbonyl (C=O) groups excluding carboxylic acids is 2. The number of nitrogens with one attached hydrogen (secondary N) is 1. The van der Waals surface area contributed by atoms with Crippen LogP contribution in [0.15, 0.2) is 48.5 Å². The van der Waals surface area contributed by atoms with Crippen molar-refractivity contribution in [1.82, 2.24) is 9.80 Å². The lowest BCUT2D eigenvalue weighted by atomic mass is 10.0. The molecule has 1 fully saturated rings. The smallest absolute Gasteiger partial charge is 0.255 e. The van der Waals surface area contributed by atoms with Crippen molar-refractivity contribution in [1.29, 1.82) is 0 Å². The minimum absolute atomic E-state index is 0.00977. The summed E-state index contributed by atoms with van der Waals surface area (Å²) >= 11 is 0. The van der Waals surface area contributed by atoms with Crippen LogP contribution in [0.2, 0.25) is 0 Å². The van der Waals surface area contributed by atoms with E-state index in [4.69, 9.17) is 5.73 Å². The van der Waals surface area contributed by atoms with E-state index in [1.165, 1.54) is 0 Å². The lowest BCUT2D eigenvalue weighted by molar-refractivity contribution is 0.0644. The summed E-state index contributed by atoms with van der Waals surface area (Å²) in [5, 5.41) is 2.86. The molecule has 3 N–H and O–H groups in total. The number of hydrogen-bond acceptors (Lipinski definition) is 4. The molecule has 1 atom stereocenters. The molecule has 0 bridgehead atoms. The van der Waals surface area contributed by atoms with E-state index in [1.807, 2.05) is 24.1 Å². The van der Waals surface area contributed by atoms with Crippen LogP contribution in [-0.4, -0.2) is 54.8 Å². The molecule has 2 aromatic rings. The molecule has 1 saturated heterocycles. The van der Waals surface area contributed by atoms with E-state index < -0.39 is 0 Å². The van der Waals surface area contributed by atoms with E-state index in [2.05, 4.69) is 17.3 Å². The highest BCUT2D eigenvalue weighted by molar-refractivity contribution is 6.04. The average molecular weight is 380 g/mol. The first kappa shape index (κ1) is 20.0. The van der Waals surface area contributed by atoms with Crippen molar-refractivity contribution in [2.45, 2.75) is 25.4 Å². The third-order valence-electron chi connectivity index (χ3n) is 5.31. The number of likely N-dealkylation sites (tertiary alicyclic amines) is 1. The molecule has 0 radical (unpaired) electrons. The molecule has 0 spiro atoms. The van der Waals surface area contributed by atoms with Crippen molar-refractivity contribution in [3.8, 4) is 0 Å². The van der Waals surface area contributed by atoms with Gasteiger partial charge in [-0.15, -0.1) is 0 Å². The van der Waals surface area contributed by atoms with E-state index in [0.717, 1.165) is 31.5 Å². The van der Waals surface area contributed by atoms with Gasteiger partial charge in [-0.2, -0.15) is 0 Å². The number of nitrogens with two attached hydrogens (primary N) is 1. The minimum Gasteiger partial charge on any atom is -0.337 e. The fourth-order valence-corrected chi connectivity index (χ4v) is 3.52. The molecular formula is C22H28N4O2. The maximum absolute atomic E-state index is 12.8. The van der Waals surface area contributed by atoms with Crippen LogP contribution in [0.3, 0.4) is 0 Å². The van der Waals surface area contributed by atoms with E-state index in [-0.39, 0.29) is 17.9 Å². The first-order valence-electron chi connectivity index (χ1n) is 9.64. The second kappa shape index (κ2) is 8.99. The number of amides is 2. The molecule has 2 aromatic carbocycles. The molecule has 6 heteroatoms. The number of rotatable bonds is 5. The van der Waals surface area contributed by atoms with Crippen molar-refractivity contribution in [3.63, 3.8) is 0 Å². The van der Waals surface area contributed by atoms with E-state index in [9.17, 15) is 9.59 Å². The molecule has 1 aliphatic heterocycles. The van der Waals surface area contributed by atoms with Crippen molar-refractivity contribution >= 4 is 17.5 Å². The standard InChI is InChI=1S/C22H28N4O2/c1-25-13-3-4-20(15-25)26(2)22(28)18-9-11-19(12-10-18)24-21(27)17-7-5-16(14-23)6-8-17/h5-12,20H,3-4,13-15,23H2,1-2H3,(H,24,27). The highest BCUT2D eigenvalue weighted by atomic mass is 16.2. The zero-order valence-electron chi connectivity index (χ0n) is 16.5. The Morgan fingerprint density at radius 3 is 2.36 bits per heavy atom. The zero-order valence-corrected chi connectivity index (χ0v) is 16.5. The SMILES string of the molecule is CN1CCCC(N(C)C(=O)c2ccc(NC(=O)c3ccc(CN)cc3)cc2)C1. The van der Waals surface area contributed by atoms with Crippen LogP contribution >= 0.6 is 0 Å². The first-order chi connectivity index (χ1) is 13.5. The zero-order chi connectivity index (χ0) is 20.1. The first-order valence-corrected chi connectivity index (χ1v) is 9.64. The van der Waals surface area contributed by atoms with E-state index in [1.54, 1.807) is 36.4 Å². The van der Waals surface area contributed by atoms with Crippen LogP contribution in [0.25, 0.3) is 0 Å².